The fourth-order valence-corrected chi connectivity index (χ4v) is 2.55. The highest BCUT2D eigenvalue weighted by atomic mass is 19.4. The smallest absolute Gasteiger partial charge is 0.478 e. The molecule has 0 aliphatic carbocycles. The molecule has 5 nitrogen and oxygen atoms in total. The maximum atomic E-state index is 12.2. The molecule has 0 fully saturated rings. The van der Waals surface area contributed by atoms with Crippen LogP contribution < -0.4 is 10.1 Å². The van der Waals surface area contributed by atoms with Crippen molar-refractivity contribution in [1.29, 1.82) is 0 Å². The summed E-state index contributed by atoms with van der Waals surface area (Å²) in [7, 11) is 0. The highest BCUT2D eigenvalue weighted by Gasteiger charge is 2.31. The van der Waals surface area contributed by atoms with E-state index in [1.54, 1.807) is 25.1 Å². The second-order valence-corrected chi connectivity index (χ2v) is 5.87. The third-order valence-corrected chi connectivity index (χ3v) is 3.86. The molecule has 0 aliphatic rings. The highest BCUT2D eigenvalue weighted by Crippen LogP contribution is 2.24. The number of carbonyl (C=O) groups is 2. The lowest BCUT2D eigenvalue weighted by Gasteiger charge is -2.15. The molecule has 0 heterocycles. The molecule has 144 valence electrons. The number of ether oxygens (including phenoxy) is 1. The molecule has 2 N–H and O–H groups in total. The lowest BCUT2D eigenvalue weighted by molar-refractivity contribution is -0.274. The molecule has 2 aromatic rings. The maximum absolute atomic E-state index is 12.2. The van der Waals surface area contributed by atoms with Crippen LogP contribution >= 0.6 is 0 Å². The number of hydrogen-bond donors (Lipinski definition) is 2. The van der Waals surface area contributed by atoms with E-state index < -0.39 is 18.4 Å². The molecule has 0 unspecified atom stereocenters. The topological polar surface area (TPSA) is 75.6 Å². The summed E-state index contributed by atoms with van der Waals surface area (Å²) in [6, 6.07) is 11.2. The van der Waals surface area contributed by atoms with E-state index in [1.807, 2.05) is 0 Å². The normalized spacial score (nSPS) is 12.3. The molecule has 27 heavy (non-hydrogen) atoms. The number of carbonyl (C=O) groups excluding carboxylic acids is 1. The largest absolute Gasteiger partial charge is 0.573 e. The average molecular weight is 381 g/mol. The van der Waals surface area contributed by atoms with Crippen LogP contribution in [0.3, 0.4) is 0 Å². The first kappa shape index (κ1) is 20.3. The molecule has 0 aromatic heterocycles. The fourth-order valence-electron chi connectivity index (χ4n) is 2.55. The van der Waals surface area contributed by atoms with Crippen molar-refractivity contribution in [3.63, 3.8) is 0 Å². The van der Waals surface area contributed by atoms with Crippen LogP contribution in [-0.2, 0) is 11.2 Å². The summed E-state index contributed by atoms with van der Waals surface area (Å²) in [4.78, 5) is 23.3. The number of hydrogen-bond acceptors (Lipinski definition) is 3. The Morgan fingerprint density at radius 1 is 1.11 bits per heavy atom. The molecule has 0 radical (unpaired) electrons. The van der Waals surface area contributed by atoms with Crippen LogP contribution in [0.25, 0.3) is 0 Å². The number of alkyl halides is 3. The molecule has 0 bridgehead atoms. The summed E-state index contributed by atoms with van der Waals surface area (Å²) in [5.74, 6) is -1.69. The predicted octanol–water partition coefficient (Wildman–Crippen LogP) is 4.09. The molecule has 0 aliphatic heterocycles. The van der Waals surface area contributed by atoms with Crippen molar-refractivity contribution in [2.75, 3.05) is 0 Å². The monoisotopic (exact) mass is 381 g/mol. The van der Waals surface area contributed by atoms with Gasteiger partial charge in [0.05, 0.1) is 11.6 Å². The number of benzene rings is 2. The molecular weight excluding hydrogens is 363 g/mol. The molecule has 0 saturated carbocycles. The SMILES string of the molecule is C[C@H](NC(=O)CCc1ccccc1C(=O)O)c1ccc(OC(F)(F)F)cc1. The van der Waals surface area contributed by atoms with Gasteiger partial charge in [-0.25, -0.2) is 4.79 Å². The van der Waals surface area contributed by atoms with E-state index >= 15 is 0 Å². The lowest BCUT2D eigenvalue weighted by atomic mass is 10.0. The van der Waals surface area contributed by atoms with E-state index in [9.17, 15) is 22.8 Å². The molecule has 2 rings (SSSR count). The number of amides is 1. The zero-order chi connectivity index (χ0) is 20.0. The zero-order valence-electron chi connectivity index (χ0n) is 14.4. The van der Waals surface area contributed by atoms with Gasteiger partial charge in [0.15, 0.2) is 0 Å². The van der Waals surface area contributed by atoms with Crippen molar-refractivity contribution in [1.82, 2.24) is 5.32 Å². The Kier molecular flexibility index (Phi) is 6.44. The van der Waals surface area contributed by atoms with Gasteiger partial charge in [0.1, 0.15) is 5.75 Å². The Morgan fingerprint density at radius 2 is 1.74 bits per heavy atom. The first-order valence-corrected chi connectivity index (χ1v) is 8.12. The van der Waals surface area contributed by atoms with Crippen LogP contribution in [0.1, 0.15) is 40.9 Å². The first-order valence-electron chi connectivity index (χ1n) is 8.12. The van der Waals surface area contributed by atoms with Gasteiger partial charge in [-0.15, -0.1) is 13.2 Å². The molecule has 0 saturated heterocycles. The molecule has 0 spiro atoms. The van der Waals surface area contributed by atoms with Gasteiger partial charge in [-0.2, -0.15) is 0 Å². The van der Waals surface area contributed by atoms with Crippen LogP contribution in [-0.4, -0.2) is 23.3 Å². The third-order valence-electron chi connectivity index (χ3n) is 3.86. The lowest BCUT2D eigenvalue weighted by Crippen LogP contribution is -2.27. The summed E-state index contributed by atoms with van der Waals surface area (Å²) >= 11 is 0. The highest BCUT2D eigenvalue weighted by molar-refractivity contribution is 5.89. The van der Waals surface area contributed by atoms with Crippen LogP contribution in [0.4, 0.5) is 13.2 Å². The number of aromatic carboxylic acids is 1. The van der Waals surface area contributed by atoms with Gasteiger partial charge in [0, 0.05) is 6.42 Å². The van der Waals surface area contributed by atoms with E-state index in [-0.39, 0.29) is 30.1 Å². The Hall–Kier alpha value is -3.03. The van der Waals surface area contributed by atoms with Crippen molar-refractivity contribution in [2.24, 2.45) is 0 Å². The van der Waals surface area contributed by atoms with E-state index in [0.29, 0.717) is 11.1 Å². The van der Waals surface area contributed by atoms with Crippen molar-refractivity contribution in [3.8, 4) is 5.75 Å². The quantitative estimate of drug-likeness (QED) is 0.757. The van der Waals surface area contributed by atoms with Crippen LogP contribution in [0.5, 0.6) is 5.75 Å². The Morgan fingerprint density at radius 3 is 2.33 bits per heavy atom. The van der Waals surface area contributed by atoms with Crippen LogP contribution in [0.2, 0.25) is 0 Å². The number of nitrogens with one attached hydrogen (secondary N) is 1. The minimum absolute atomic E-state index is 0.0872. The third kappa shape index (κ3) is 6.32. The number of halogens is 3. The van der Waals surface area contributed by atoms with Crippen molar-refractivity contribution < 1.29 is 32.6 Å². The van der Waals surface area contributed by atoms with Gasteiger partial charge in [-0.3, -0.25) is 4.79 Å². The minimum Gasteiger partial charge on any atom is -0.478 e. The molecule has 1 atom stereocenters. The Labute approximate surface area is 153 Å². The van der Waals surface area contributed by atoms with E-state index in [2.05, 4.69) is 10.1 Å². The van der Waals surface area contributed by atoms with Gasteiger partial charge in [0.25, 0.3) is 0 Å². The second-order valence-electron chi connectivity index (χ2n) is 5.87. The summed E-state index contributed by atoms with van der Waals surface area (Å²) in [6.07, 6.45) is -4.41. The van der Waals surface area contributed by atoms with Gasteiger partial charge in [-0.1, -0.05) is 30.3 Å². The molecule has 8 heteroatoms. The molecule has 1 amide bonds. The fraction of sp³-hybridized carbons (Fsp3) is 0.263. The zero-order valence-corrected chi connectivity index (χ0v) is 14.4. The number of aryl methyl sites for hydroxylation is 1. The predicted molar refractivity (Wildman–Crippen MR) is 91.4 cm³/mol. The van der Waals surface area contributed by atoms with Gasteiger partial charge in [-0.05, 0) is 42.7 Å². The number of carboxylic acid groups (broad SMARTS) is 1. The molecule has 2 aromatic carbocycles. The van der Waals surface area contributed by atoms with E-state index in [0.717, 1.165) is 0 Å². The second kappa shape index (κ2) is 8.57. The first-order chi connectivity index (χ1) is 12.7. The van der Waals surface area contributed by atoms with Gasteiger partial charge < -0.3 is 15.2 Å². The van der Waals surface area contributed by atoms with E-state index in [1.165, 1.54) is 30.3 Å². The number of carboxylic acids is 1. The van der Waals surface area contributed by atoms with Gasteiger partial charge in [0.2, 0.25) is 5.91 Å². The summed E-state index contributed by atoms with van der Waals surface area (Å²) in [5.41, 5.74) is 1.32. The maximum Gasteiger partial charge on any atom is 0.573 e. The van der Waals surface area contributed by atoms with Gasteiger partial charge >= 0.3 is 12.3 Å². The van der Waals surface area contributed by atoms with E-state index in [4.69, 9.17) is 5.11 Å². The summed E-state index contributed by atoms with van der Waals surface area (Å²) in [6.45, 7) is 1.70. The Bertz CT molecular complexity index is 803. The summed E-state index contributed by atoms with van der Waals surface area (Å²) < 4.78 is 40.3. The Balaban J connectivity index is 1.91. The average Bonchev–Trinajstić information content (AvgIpc) is 2.59. The van der Waals surface area contributed by atoms with Crippen molar-refractivity contribution in [3.05, 3.63) is 65.2 Å². The minimum atomic E-state index is -4.76. The van der Waals surface area contributed by atoms with Crippen LogP contribution in [0.15, 0.2) is 48.5 Å². The van der Waals surface area contributed by atoms with Crippen molar-refractivity contribution in [2.45, 2.75) is 32.2 Å². The standard InChI is InChI=1S/C19H18F3NO4/c1-12(13-6-9-15(10-7-13)27-19(20,21)22)23-17(24)11-8-14-4-2-3-5-16(14)18(25)26/h2-7,9-10,12H,8,11H2,1H3,(H,23,24)(H,25,26)/t12-/m0/s1. The summed E-state index contributed by atoms with van der Waals surface area (Å²) in [5, 5.41) is 11.9. The van der Waals surface area contributed by atoms with Crippen molar-refractivity contribution >= 4 is 11.9 Å². The molecular formula is C19H18F3NO4. The number of rotatable bonds is 7. The van der Waals surface area contributed by atoms with Crippen LogP contribution in [0, 0.1) is 0 Å².